The lowest BCUT2D eigenvalue weighted by atomic mass is 10.1. The molecule has 2 saturated heterocycles. The number of sulfonamides is 1. The highest BCUT2D eigenvalue weighted by Crippen LogP contribution is 2.22. The van der Waals surface area contributed by atoms with E-state index in [0.717, 1.165) is 5.56 Å². The van der Waals surface area contributed by atoms with Crippen molar-refractivity contribution in [3.8, 4) is 0 Å². The number of halogens is 3. The summed E-state index contributed by atoms with van der Waals surface area (Å²) < 4.78 is 62.0. The first-order chi connectivity index (χ1) is 14.3. The van der Waals surface area contributed by atoms with Gasteiger partial charge >= 0.3 is 18.1 Å². The summed E-state index contributed by atoms with van der Waals surface area (Å²) in [5.74, 6) is -4.04. The summed E-state index contributed by atoms with van der Waals surface area (Å²) in [7, 11) is -3.23. The SMILES string of the molecule is CS(=O)(=O)N1CCN2CC(C(=O)O)CN(Cc3ccoc3)CC2C1.O=C(O)C(F)(F)F. The van der Waals surface area contributed by atoms with Gasteiger partial charge in [0.15, 0.2) is 0 Å². The van der Waals surface area contributed by atoms with Crippen LogP contribution in [0.15, 0.2) is 23.0 Å². The third-order valence-electron chi connectivity index (χ3n) is 5.02. The summed E-state index contributed by atoms with van der Waals surface area (Å²) >= 11 is 0. The van der Waals surface area contributed by atoms with Gasteiger partial charge in [-0.1, -0.05) is 0 Å². The molecule has 14 heteroatoms. The first-order valence-corrected chi connectivity index (χ1v) is 11.1. The number of carbonyl (C=O) groups is 2. The van der Waals surface area contributed by atoms with E-state index in [1.807, 2.05) is 6.07 Å². The maximum atomic E-state index is 11.8. The first kappa shape index (κ1) is 25.1. The molecular formula is C17H24F3N3O7S. The van der Waals surface area contributed by atoms with Gasteiger partial charge in [0.2, 0.25) is 10.0 Å². The van der Waals surface area contributed by atoms with E-state index in [0.29, 0.717) is 45.8 Å². The van der Waals surface area contributed by atoms with Crippen LogP contribution in [0.4, 0.5) is 13.2 Å². The molecule has 1 aromatic rings. The molecule has 2 fully saturated rings. The normalized spacial score (nSPS) is 23.9. The van der Waals surface area contributed by atoms with E-state index < -0.39 is 34.1 Å². The Balaban J connectivity index is 0.000000423. The second kappa shape index (κ2) is 9.97. The molecule has 0 bridgehead atoms. The van der Waals surface area contributed by atoms with Crippen molar-refractivity contribution < 1.29 is 45.8 Å². The molecule has 0 radical (unpaired) electrons. The molecular weight excluding hydrogens is 447 g/mol. The fourth-order valence-electron chi connectivity index (χ4n) is 3.53. The van der Waals surface area contributed by atoms with Crippen molar-refractivity contribution in [2.75, 3.05) is 45.5 Å². The third kappa shape index (κ3) is 7.48. The van der Waals surface area contributed by atoms with E-state index in [1.165, 1.54) is 10.6 Å². The molecule has 0 aromatic carbocycles. The van der Waals surface area contributed by atoms with Crippen LogP contribution in [-0.4, -0.2) is 102 Å². The Labute approximate surface area is 176 Å². The van der Waals surface area contributed by atoms with Gasteiger partial charge < -0.3 is 14.6 Å². The standard InChI is InChI=1S/C15H23N3O5S.C2HF3O2/c1-24(21,22)18-4-3-17-8-13(15(19)20)7-16(9-14(17)10-18)6-12-2-5-23-11-12;3-2(4,5)1(6)7/h2,5,11,13-14H,3-4,6-10H2,1H3,(H,19,20);(H,6,7). The zero-order valence-corrected chi connectivity index (χ0v) is 17.5. The number of hydrogen-bond donors (Lipinski definition) is 2. The lowest BCUT2D eigenvalue weighted by molar-refractivity contribution is -0.192. The number of hydrogen-bond acceptors (Lipinski definition) is 7. The zero-order chi connectivity index (χ0) is 23.4. The van der Waals surface area contributed by atoms with Gasteiger partial charge in [0.1, 0.15) is 0 Å². The van der Waals surface area contributed by atoms with Crippen LogP contribution in [0.5, 0.6) is 0 Å². The number of carboxylic acid groups (broad SMARTS) is 2. The summed E-state index contributed by atoms with van der Waals surface area (Å²) in [6, 6.07) is 1.87. The molecule has 1 aromatic heterocycles. The Hall–Kier alpha value is -2.16. The largest absolute Gasteiger partial charge is 0.490 e. The van der Waals surface area contributed by atoms with Gasteiger partial charge in [-0.05, 0) is 6.07 Å². The highest BCUT2D eigenvalue weighted by molar-refractivity contribution is 7.88. The van der Waals surface area contributed by atoms with E-state index >= 15 is 0 Å². The molecule has 2 N–H and O–H groups in total. The van der Waals surface area contributed by atoms with Crippen LogP contribution in [0.2, 0.25) is 0 Å². The molecule has 2 aliphatic heterocycles. The zero-order valence-electron chi connectivity index (χ0n) is 16.7. The van der Waals surface area contributed by atoms with Gasteiger partial charge in [0, 0.05) is 57.4 Å². The quantitative estimate of drug-likeness (QED) is 0.639. The van der Waals surface area contributed by atoms with Crippen LogP contribution in [0.3, 0.4) is 0 Å². The molecule has 0 aliphatic carbocycles. The Morgan fingerprint density at radius 1 is 1.16 bits per heavy atom. The lowest BCUT2D eigenvalue weighted by Gasteiger charge is -2.40. The molecule has 3 heterocycles. The van der Waals surface area contributed by atoms with Gasteiger partial charge in [0.05, 0.1) is 24.7 Å². The smallest absolute Gasteiger partial charge is 0.481 e. The second-order valence-electron chi connectivity index (χ2n) is 7.43. The van der Waals surface area contributed by atoms with Crippen LogP contribution < -0.4 is 0 Å². The molecule has 2 atom stereocenters. The molecule has 2 unspecified atom stereocenters. The summed E-state index contributed by atoms with van der Waals surface area (Å²) in [6.07, 6.45) is -0.606. The molecule has 176 valence electrons. The number of rotatable bonds is 4. The van der Waals surface area contributed by atoms with Crippen molar-refractivity contribution in [1.29, 1.82) is 0 Å². The monoisotopic (exact) mass is 471 g/mol. The van der Waals surface area contributed by atoms with E-state index in [9.17, 15) is 31.5 Å². The predicted molar refractivity (Wildman–Crippen MR) is 101 cm³/mol. The average molecular weight is 471 g/mol. The highest BCUT2D eigenvalue weighted by Gasteiger charge is 2.39. The fraction of sp³-hybridized carbons (Fsp3) is 0.647. The maximum Gasteiger partial charge on any atom is 0.490 e. The first-order valence-electron chi connectivity index (χ1n) is 9.23. The predicted octanol–water partition coefficient (Wildman–Crippen LogP) is 0.375. The Morgan fingerprint density at radius 3 is 2.29 bits per heavy atom. The minimum absolute atomic E-state index is 0.00438. The Bertz CT molecular complexity index is 861. The summed E-state index contributed by atoms with van der Waals surface area (Å²) in [6.45, 7) is 3.55. The van der Waals surface area contributed by atoms with Gasteiger partial charge in [-0.3, -0.25) is 14.6 Å². The van der Waals surface area contributed by atoms with Crippen molar-refractivity contribution >= 4 is 22.0 Å². The van der Waals surface area contributed by atoms with Crippen molar-refractivity contribution in [3.63, 3.8) is 0 Å². The lowest BCUT2D eigenvalue weighted by Crippen LogP contribution is -2.57. The average Bonchev–Trinajstić information content (AvgIpc) is 3.06. The fourth-order valence-corrected chi connectivity index (χ4v) is 4.39. The van der Waals surface area contributed by atoms with Crippen LogP contribution in [-0.2, 0) is 26.2 Å². The minimum atomic E-state index is -5.08. The third-order valence-corrected chi connectivity index (χ3v) is 6.29. The van der Waals surface area contributed by atoms with Crippen molar-refractivity contribution in [3.05, 3.63) is 24.2 Å². The Morgan fingerprint density at radius 2 is 1.81 bits per heavy atom. The maximum absolute atomic E-state index is 11.8. The Kier molecular flexibility index (Phi) is 8.08. The molecule has 0 saturated carbocycles. The van der Waals surface area contributed by atoms with Crippen LogP contribution >= 0.6 is 0 Å². The van der Waals surface area contributed by atoms with E-state index in [4.69, 9.17) is 14.3 Å². The number of fused-ring (bicyclic) bond motifs is 1. The van der Waals surface area contributed by atoms with Crippen LogP contribution in [0.1, 0.15) is 5.56 Å². The molecule has 0 spiro atoms. The number of furan rings is 1. The van der Waals surface area contributed by atoms with Crippen molar-refractivity contribution in [2.24, 2.45) is 5.92 Å². The number of piperazine rings is 1. The molecule has 31 heavy (non-hydrogen) atoms. The summed E-state index contributed by atoms with van der Waals surface area (Å²) in [4.78, 5) is 24.7. The van der Waals surface area contributed by atoms with Crippen molar-refractivity contribution in [1.82, 2.24) is 14.1 Å². The summed E-state index contributed by atoms with van der Waals surface area (Å²) in [5, 5.41) is 16.6. The number of carboxylic acids is 2. The molecule has 3 rings (SSSR count). The van der Waals surface area contributed by atoms with Gasteiger partial charge in [-0.15, -0.1) is 0 Å². The topological polar surface area (TPSA) is 132 Å². The number of alkyl halides is 3. The molecule has 0 amide bonds. The second-order valence-corrected chi connectivity index (χ2v) is 9.42. The van der Waals surface area contributed by atoms with E-state index in [-0.39, 0.29) is 6.04 Å². The van der Waals surface area contributed by atoms with Gasteiger partial charge in [0.25, 0.3) is 0 Å². The number of aliphatic carboxylic acids is 2. The van der Waals surface area contributed by atoms with Gasteiger partial charge in [-0.2, -0.15) is 17.5 Å². The minimum Gasteiger partial charge on any atom is -0.481 e. The molecule has 2 aliphatic rings. The molecule has 10 nitrogen and oxygen atoms in total. The van der Waals surface area contributed by atoms with Crippen molar-refractivity contribution in [2.45, 2.75) is 18.8 Å². The van der Waals surface area contributed by atoms with Crippen LogP contribution in [0.25, 0.3) is 0 Å². The van der Waals surface area contributed by atoms with E-state index in [2.05, 4.69) is 9.80 Å². The number of nitrogens with zero attached hydrogens (tertiary/aromatic N) is 3. The highest BCUT2D eigenvalue weighted by atomic mass is 32.2. The van der Waals surface area contributed by atoms with E-state index in [1.54, 1.807) is 12.5 Å². The van der Waals surface area contributed by atoms with Gasteiger partial charge in [-0.25, -0.2) is 13.2 Å². The van der Waals surface area contributed by atoms with Crippen LogP contribution in [0, 0.1) is 5.92 Å². The summed E-state index contributed by atoms with van der Waals surface area (Å²) in [5.41, 5.74) is 0.989.